The van der Waals surface area contributed by atoms with E-state index in [2.05, 4.69) is 21.2 Å². The number of nitrogens with one attached hydrogen (secondary N) is 1. The molecule has 0 bridgehead atoms. The van der Waals surface area contributed by atoms with Crippen LogP contribution in [0.15, 0.2) is 22.7 Å². The van der Waals surface area contributed by atoms with Crippen LogP contribution in [0.3, 0.4) is 0 Å². The van der Waals surface area contributed by atoms with Gasteiger partial charge in [0.05, 0.1) is 12.7 Å². The predicted molar refractivity (Wildman–Crippen MR) is 85.3 cm³/mol. The quantitative estimate of drug-likeness (QED) is 0.781. The number of rotatable bonds is 6. The molecule has 20 heavy (non-hydrogen) atoms. The Balaban J connectivity index is 2.04. The second-order valence-electron chi connectivity index (χ2n) is 5.06. The Hall–Kier alpha value is -0.130. The van der Waals surface area contributed by atoms with Crippen LogP contribution in [0, 0.1) is 5.92 Å². The van der Waals surface area contributed by atoms with Crippen LogP contribution in [0.4, 0.5) is 0 Å². The van der Waals surface area contributed by atoms with Crippen LogP contribution in [0.5, 0.6) is 0 Å². The van der Waals surface area contributed by atoms with Crippen LogP contribution in [0.2, 0.25) is 5.02 Å². The summed E-state index contributed by atoms with van der Waals surface area (Å²) in [5, 5.41) is 4.19. The van der Waals surface area contributed by atoms with Gasteiger partial charge in [-0.25, -0.2) is 0 Å². The van der Waals surface area contributed by atoms with Gasteiger partial charge < -0.3 is 14.8 Å². The van der Waals surface area contributed by atoms with E-state index in [0.717, 1.165) is 47.8 Å². The molecular formula is C15H21BrClNO2. The highest BCUT2D eigenvalue weighted by molar-refractivity contribution is 9.10. The predicted octanol–water partition coefficient (Wildman–Crippen LogP) is 3.81. The first-order valence-electron chi connectivity index (χ1n) is 6.98. The molecule has 1 fully saturated rings. The molecule has 0 aliphatic carbocycles. The first-order chi connectivity index (χ1) is 9.72. The molecule has 1 aliphatic rings. The van der Waals surface area contributed by atoms with Crippen molar-refractivity contribution in [2.24, 2.45) is 5.92 Å². The van der Waals surface area contributed by atoms with E-state index >= 15 is 0 Å². The molecule has 3 nitrogen and oxygen atoms in total. The van der Waals surface area contributed by atoms with E-state index in [4.69, 9.17) is 21.1 Å². The highest BCUT2D eigenvalue weighted by atomic mass is 79.9. The van der Waals surface area contributed by atoms with Crippen LogP contribution in [-0.2, 0) is 9.47 Å². The zero-order valence-corrected chi connectivity index (χ0v) is 14.0. The number of methoxy groups -OCH3 is 1. The molecule has 0 spiro atoms. The summed E-state index contributed by atoms with van der Waals surface area (Å²) in [5.41, 5.74) is 1.15. The second-order valence-corrected chi connectivity index (χ2v) is 6.35. The summed E-state index contributed by atoms with van der Waals surface area (Å²) in [7, 11) is 1.72. The number of hydrogen-bond donors (Lipinski definition) is 1. The van der Waals surface area contributed by atoms with Gasteiger partial charge >= 0.3 is 0 Å². The average molecular weight is 363 g/mol. The van der Waals surface area contributed by atoms with Gasteiger partial charge in [-0.2, -0.15) is 0 Å². The normalized spacial score (nSPS) is 22.9. The van der Waals surface area contributed by atoms with Crippen LogP contribution in [0.1, 0.15) is 24.5 Å². The first kappa shape index (κ1) is 16.2. The number of ether oxygens (including phenoxy) is 2. The lowest BCUT2D eigenvalue weighted by Gasteiger charge is -2.33. The van der Waals surface area contributed by atoms with Gasteiger partial charge in [0.2, 0.25) is 0 Å². The monoisotopic (exact) mass is 361 g/mol. The van der Waals surface area contributed by atoms with E-state index < -0.39 is 0 Å². The van der Waals surface area contributed by atoms with Crippen molar-refractivity contribution in [1.29, 1.82) is 0 Å². The van der Waals surface area contributed by atoms with Crippen LogP contribution >= 0.6 is 27.5 Å². The van der Waals surface area contributed by atoms with Gasteiger partial charge in [-0.15, -0.1) is 0 Å². The van der Waals surface area contributed by atoms with Gasteiger partial charge in [0, 0.05) is 42.2 Å². The van der Waals surface area contributed by atoms with Crippen molar-refractivity contribution in [3.8, 4) is 0 Å². The van der Waals surface area contributed by atoms with E-state index in [9.17, 15) is 0 Å². The largest absolute Gasteiger partial charge is 0.383 e. The Kier molecular flexibility index (Phi) is 6.78. The minimum Gasteiger partial charge on any atom is -0.383 e. The molecule has 0 amide bonds. The SMILES string of the molecule is COCCNCC1CCCOC1c1cc(Cl)ccc1Br. The molecule has 5 heteroatoms. The maximum Gasteiger partial charge on any atom is 0.0876 e. The van der Waals surface area contributed by atoms with Crippen LogP contribution in [-0.4, -0.2) is 33.4 Å². The Labute approximate surface area is 134 Å². The van der Waals surface area contributed by atoms with Gasteiger partial charge in [-0.1, -0.05) is 27.5 Å². The molecule has 1 heterocycles. The van der Waals surface area contributed by atoms with Gasteiger partial charge in [-0.05, 0) is 36.6 Å². The highest BCUT2D eigenvalue weighted by Crippen LogP contribution is 2.37. The zero-order chi connectivity index (χ0) is 14.4. The Morgan fingerprint density at radius 2 is 2.35 bits per heavy atom. The minimum atomic E-state index is 0.104. The van der Waals surface area contributed by atoms with Crippen LogP contribution < -0.4 is 5.32 Å². The van der Waals surface area contributed by atoms with E-state index in [1.165, 1.54) is 6.42 Å². The Morgan fingerprint density at radius 1 is 1.50 bits per heavy atom. The van der Waals surface area contributed by atoms with Crippen molar-refractivity contribution in [1.82, 2.24) is 5.32 Å². The molecule has 0 saturated carbocycles. The molecule has 2 rings (SSSR count). The second kappa shape index (κ2) is 8.35. The lowest BCUT2D eigenvalue weighted by molar-refractivity contribution is -0.0284. The van der Waals surface area contributed by atoms with Crippen molar-refractivity contribution >= 4 is 27.5 Å². The summed E-state index contributed by atoms with van der Waals surface area (Å²) in [6, 6.07) is 5.89. The number of halogens is 2. The Bertz CT molecular complexity index is 430. The fourth-order valence-corrected chi connectivity index (χ4v) is 3.24. The van der Waals surface area contributed by atoms with Crippen LogP contribution in [0.25, 0.3) is 0 Å². The topological polar surface area (TPSA) is 30.5 Å². The van der Waals surface area contributed by atoms with Gasteiger partial charge in [0.15, 0.2) is 0 Å². The third-order valence-electron chi connectivity index (χ3n) is 3.60. The maximum atomic E-state index is 6.12. The number of benzene rings is 1. The molecule has 1 aliphatic heterocycles. The first-order valence-corrected chi connectivity index (χ1v) is 8.15. The standard InChI is InChI=1S/C15H21BrClNO2/c1-19-8-6-18-10-11-3-2-7-20-15(11)13-9-12(17)4-5-14(13)16/h4-5,9,11,15,18H,2-3,6-8,10H2,1H3. The lowest BCUT2D eigenvalue weighted by Crippen LogP contribution is -2.33. The third kappa shape index (κ3) is 4.43. The molecule has 1 saturated heterocycles. The van der Waals surface area contributed by atoms with Gasteiger partial charge in [0.1, 0.15) is 0 Å². The third-order valence-corrected chi connectivity index (χ3v) is 4.56. The number of hydrogen-bond acceptors (Lipinski definition) is 3. The molecule has 1 N–H and O–H groups in total. The zero-order valence-electron chi connectivity index (χ0n) is 11.7. The summed E-state index contributed by atoms with van der Waals surface area (Å²) in [6.45, 7) is 3.36. The molecule has 1 aromatic rings. The summed E-state index contributed by atoms with van der Waals surface area (Å²) in [6.07, 6.45) is 2.39. The fourth-order valence-electron chi connectivity index (χ4n) is 2.59. The van der Waals surface area contributed by atoms with Gasteiger partial charge in [-0.3, -0.25) is 0 Å². The van der Waals surface area contributed by atoms with Crippen molar-refractivity contribution in [3.05, 3.63) is 33.3 Å². The van der Waals surface area contributed by atoms with E-state index in [1.807, 2.05) is 18.2 Å². The van der Waals surface area contributed by atoms with E-state index in [0.29, 0.717) is 5.92 Å². The molecule has 0 radical (unpaired) electrons. The van der Waals surface area contributed by atoms with Gasteiger partial charge in [0.25, 0.3) is 0 Å². The van der Waals surface area contributed by atoms with Crippen molar-refractivity contribution < 1.29 is 9.47 Å². The van der Waals surface area contributed by atoms with E-state index in [-0.39, 0.29) is 6.10 Å². The molecular weight excluding hydrogens is 342 g/mol. The van der Waals surface area contributed by atoms with Crippen molar-refractivity contribution in [2.75, 3.05) is 33.4 Å². The minimum absolute atomic E-state index is 0.104. The molecule has 0 aromatic heterocycles. The highest BCUT2D eigenvalue weighted by Gasteiger charge is 2.28. The van der Waals surface area contributed by atoms with E-state index in [1.54, 1.807) is 7.11 Å². The molecule has 2 unspecified atom stereocenters. The summed E-state index contributed by atoms with van der Waals surface area (Å²) >= 11 is 9.73. The maximum absolute atomic E-state index is 6.12. The Morgan fingerprint density at radius 3 is 3.15 bits per heavy atom. The smallest absolute Gasteiger partial charge is 0.0876 e. The fraction of sp³-hybridized carbons (Fsp3) is 0.600. The lowest BCUT2D eigenvalue weighted by atomic mass is 9.89. The van der Waals surface area contributed by atoms with Crippen molar-refractivity contribution in [3.63, 3.8) is 0 Å². The average Bonchev–Trinajstić information content (AvgIpc) is 2.47. The molecule has 112 valence electrons. The summed E-state index contributed by atoms with van der Waals surface area (Å²) in [4.78, 5) is 0. The molecule has 2 atom stereocenters. The summed E-state index contributed by atoms with van der Waals surface area (Å²) in [5.74, 6) is 0.468. The van der Waals surface area contributed by atoms with Crippen molar-refractivity contribution in [2.45, 2.75) is 18.9 Å². The summed E-state index contributed by atoms with van der Waals surface area (Å²) < 4.78 is 12.1. The molecule has 1 aromatic carbocycles.